The number of para-hydroxylation sites is 1. The molecule has 2 aromatic rings. The van der Waals surface area contributed by atoms with E-state index in [4.69, 9.17) is 4.74 Å². The van der Waals surface area contributed by atoms with Gasteiger partial charge in [-0.25, -0.2) is 0 Å². The lowest BCUT2D eigenvalue weighted by Gasteiger charge is -2.22. The summed E-state index contributed by atoms with van der Waals surface area (Å²) in [6, 6.07) is 16.2. The molecule has 26 heavy (non-hydrogen) atoms. The van der Waals surface area contributed by atoms with Crippen LogP contribution in [0, 0.1) is 6.92 Å². The molecule has 1 heterocycles. The van der Waals surface area contributed by atoms with Crippen molar-refractivity contribution in [1.82, 2.24) is 5.32 Å². The molecule has 0 aromatic heterocycles. The average molecular weight is 371 g/mol. The fraction of sp³-hybridized carbons (Fsp3) is 0.381. The van der Waals surface area contributed by atoms with Crippen molar-refractivity contribution >= 4 is 23.4 Å². The number of hydrogen-bond acceptors (Lipinski definition) is 4. The molecule has 1 amide bonds. The summed E-state index contributed by atoms with van der Waals surface area (Å²) in [6.45, 7) is 4.85. The maximum Gasteiger partial charge on any atom is 0.228 e. The molecule has 0 radical (unpaired) electrons. The monoisotopic (exact) mass is 370 g/mol. The van der Waals surface area contributed by atoms with Crippen LogP contribution in [-0.2, 0) is 4.79 Å². The van der Waals surface area contributed by atoms with Gasteiger partial charge < -0.3 is 15.0 Å². The number of hydrogen-bond donors (Lipinski definition) is 1. The van der Waals surface area contributed by atoms with E-state index in [1.165, 1.54) is 10.5 Å². The number of amides is 1. The number of fused-ring (bicyclic) bond motifs is 1. The third kappa shape index (κ3) is 5.26. The lowest BCUT2D eigenvalue weighted by atomic mass is 10.2. The highest BCUT2D eigenvalue weighted by Gasteiger charge is 2.20. The zero-order valence-electron chi connectivity index (χ0n) is 15.2. The third-order valence-electron chi connectivity index (χ3n) is 4.29. The Labute approximate surface area is 159 Å². The zero-order chi connectivity index (χ0) is 18.2. The van der Waals surface area contributed by atoms with Crippen LogP contribution in [0.2, 0.25) is 0 Å². The predicted octanol–water partition coefficient (Wildman–Crippen LogP) is 3.88. The highest BCUT2D eigenvalue weighted by Crippen LogP contribution is 2.33. The zero-order valence-corrected chi connectivity index (χ0v) is 16.1. The van der Waals surface area contributed by atoms with Crippen molar-refractivity contribution in [3.8, 4) is 5.75 Å². The van der Waals surface area contributed by atoms with Crippen LogP contribution in [0.25, 0.3) is 0 Å². The van der Waals surface area contributed by atoms with Crippen LogP contribution < -0.4 is 15.0 Å². The maximum atomic E-state index is 12.7. The van der Waals surface area contributed by atoms with Crippen molar-refractivity contribution in [3.63, 3.8) is 0 Å². The Morgan fingerprint density at radius 2 is 2.08 bits per heavy atom. The summed E-state index contributed by atoms with van der Waals surface area (Å²) in [6.07, 6.45) is 1.53. The molecular formula is C21H26N2O2S. The van der Waals surface area contributed by atoms with Gasteiger partial charge >= 0.3 is 0 Å². The van der Waals surface area contributed by atoms with E-state index in [0.717, 1.165) is 36.7 Å². The van der Waals surface area contributed by atoms with Crippen LogP contribution in [0.15, 0.2) is 53.4 Å². The molecule has 138 valence electrons. The van der Waals surface area contributed by atoms with E-state index in [9.17, 15) is 4.79 Å². The second-order valence-electron chi connectivity index (χ2n) is 6.38. The normalized spacial score (nSPS) is 13.8. The fourth-order valence-corrected chi connectivity index (χ4v) is 3.98. The van der Waals surface area contributed by atoms with Crippen LogP contribution in [0.1, 0.15) is 18.4 Å². The first-order valence-electron chi connectivity index (χ1n) is 9.16. The topological polar surface area (TPSA) is 41.6 Å². The van der Waals surface area contributed by atoms with Crippen molar-refractivity contribution in [2.75, 3.05) is 36.9 Å². The minimum Gasteiger partial charge on any atom is -0.492 e. The minimum absolute atomic E-state index is 0.187. The van der Waals surface area contributed by atoms with Crippen molar-refractivity contribution in [3.05, 3.63) is 54.1 Å². The molecule has 0 aliphatic carbocycles. The number of thioether (sulfide) groups is 1. The first-order chi connectivity index (χ1) is 12.7. The van der Waals surface area contributed by atoms with Crippen molar-refractivity contribution in [2.24, 2.45) is 0 Å². The van der Waals surface area contributed by atoms with E-state index >= 15 is 0 Å². The Morgan fingerprint density at radius 1 is 1.19 bits per heavy atom. The summed E-state index contributed by atoms with van der Waals surface area (Å²) in [4.78, 5) is 15.8. The molecule has 0 bridgehead atoms. The van der Waals surface area contributed by atoms with Gasteiger partial charge in [-0.3, -0.25) is 4.79 Å². The molecule has 0 fully saturated rings. The lowest BCUT2D eigenvalue weighted by molar-refractivity contribution is -0.118. The van der Waals surface area contributed by atoms with E-state index in [2.05, 4.69) is 30.4 Å². The van der Waals surface area contributed by atoms with Gasteiger partial charge in [-0.2, -0.15) is 0 Å². The molecule has 3 rings (SSSR count). The lowest BCUT2D eigenvalue weighted by Crippen LogP contribution is -2.34. The largest absolute Gasteiger partial charge is 0.492 e. The number of carbonyl (C=O) groups is 1. The Hall–Kier alpha value is -1.98. The van der Waals surface area contributed by atoms with E-state index in [-0.39, 0.29) is 5.91 Å². The standard InChI is InChI=1S/C21H26N2O2S/c1-17-6-4-7-18(16-17)25-14-12-22-11-10-21(24)23-13-5-15-26-20-9-3-2-8-19(20)23/h2-4,6-9,16,22H,5,10-15H2,1H3. The summed E-state index contributed by atoms with van der Waals surface area (Å²) in [5.74, 6) is 2.14. The van der Waals surface area contributed by atoms with E-state index in [0.29, 0.717) is 19.6 Å². The quantitative estimate of drug-likeness (QED) is 0.751. The molecule has 0 unspecified atom stereocenters. The number of ether oxygens (including phenoxy) is 1. The molecule has 0 saturated heterocycles. The number of aryl methyl sites for hydroxylation is 1. The van der Waals surface area contributed by atoms with Gasteiger partial charge in [-0.1, -0.05) is 24.3 Å². The summed E-state index contributed by atoms with van der Waals surface area (Å²) in [5, 5.41) is 3.30. The van der Waals surface area contributed by atoms with Gasteiger partial charge in [0.05, 0.1) is 5.69 Å². The second-order valence-corrected chi connectivity index (χ2v) is 7.52. The van der Waals surface area contributed by atoms with Crippen molar-refractivity contribution in [2.45, 2.75) is 24.7 Å². The van der Waals surface area contributed by atoms with Crippen LogP contribution in [0.4, 0.5) is 5.69 Å². The number of anilines is 1. The number of nitrogens with one attached hydrogen (secondary N) is 1. The van der Waals surface area contributed by atoms with Crippen LogP contribution in [-0.4, -0.2) is 37.9 Å². The van der Waals surface area contributed by atoms with E-state index in [1.54, 1.807) is 0 Å². The number of carbonyl (C=O) groups excluding carboxylic acids is 1. The third-order valence-corrected chi connectivity index (χ3v) is 5.44. The molecule has 2 aromatic carbocycles. The summed E-state index contributed by atoms with van der Waals surface area (Å²) >= 11 is 1.84. The maximum absolute atomic E-state index is 12.7. The van der Waals surface area contributed by atoms with Crippen LogP contribution >= 0.6 is 11.8 Å². The number of nitrogens with zero attached hydrogens (tertiary/aromatic N) is 1. The molecular weight excluding hydrogens is 344 g/mol. The molecule has 1 N–H and O–H groups in total. The predicted molar refractivity (Wildman–Crippen MR) is 108 cm³/mol. The molecule has 5 heteroatoms. The highest BCUT2D eigenvalue weighted by molar-refractivity contribution is 7.99. The highest BCUT2D eigenvalue weighted by atomic mass is 32.2. The van der Waals surface area contributed by atoms with E-state index < -0.39 is 0 Å². The summed E-state index contributed by atoms with van der Waals surface area (Å²) in [5.41, 5.74) is 2.25. The number of benzene rings is 2. The smallest absolute Gasteiger partial charge is 0.228 e. The Morgan fingerprint density at radius 3 is 2.96 bits per heavy atom. The molecule has 0 atom stereocenters. The summed E-state index contributed by atoms with van der Waals surface area (Å²) < 4.78 is 5.71. The minimum atomic E-state index is 0.187. The van der Waals surface area contributed by atoms with Crippen LogP contribution in [0.3, 0.4) is 0 Å². The number of rotatable bonds is 7. The van der Waals surface area contributed by atoms with Gasteiger partial charge in [-0.15, -0.1) is 11.8 Å². The van der Waals surface area contributed by atoms with Crippen molar-refractivity contribution in [1.29, 1.82) is 0 Å². The molecule has 0 spiro atoms. The Bertz CT molecular complexity index is 735. The summed E-state index contributed by atoms with van der Waals surface area (Å²) in [7, 11) is 0. The van der Waals surface area contributed by atoms with Gasteiger partial charge in [0.1, 0.15) is 12.4 Å². The average Bonchev–Trinajstić information content (AvgIpc) is 2.87. The SMILES string of the molecule is Cc1cccc(OCCNCCC(=O)N2CCCSc3ccccc32)c1. The van der Waals surface area contributed by atoms with Crippen LogP contribution in [0.5, 0.6) is 5.75 Å². The fourth-order valence-electron chi connectivity index (χ4n) is 2.99. The Kier molecular flexibility index (Phi) is 6.97. The van der Waals surface area contributed by atoms with Gasteiger partial charge in [0, 0.05) is 31.0 Å². The van der Waals surface area contributed by atoms with Crippen molar-refractivity contribution < 1.29 is 9.53 Å². The molecule has 1 aliphatic rings. The molecule has 4 nitrogen and oxygen atoms in total. The van der Waals surface area contributed by atoms with Gasteiger partial charge in [0.2, 0.25) is 5.91 Å². The van der Waals surface area contributed by atoms with Gasteiger partial charge in [0.15, 0.2) is 0 Å². The first-order valence-corrected chi connectivity index (χ1v) is 10.1. The molecule has 0 saturated carbocycles. The van der Waals surface area contributed by atoms with E-state index in [1.807, 2.05) is 47.0 Å². The van der Waals surface area contributed by atoms with Gasteiger partial charge in [0.25, 0.3) is 0 Å². The second kappa shape index (κ2) is 9.64. The Balaban J connectivity index is 1.40. The first kappa shape index (κ1) is 18.8. The van der Waals surface area contributed by atoms with Gasteiger partial charge in [-0.05, 0) is 48.9 Å². The molecule has 1 aliphatic heterocycles.